The van der Waals surface area contributed by atoms with Crippen LogP contribution >= 0.6 is 15.9 Å². The second-order valence-electron chi connectivity index (χ2n) is 4.49. The molecule has 0 bridgehead atoms. The molecule has 2 rings (SSSR count). The van der Waals surface area contributed by atoms with Crippen molar-refractivity contribution in [2.45, 2.75) is 26.4 Å². The topological polar surface area (TPSA) is 33.1 Å². The Bertz CT molecular complexity index is 342. The van der Waals surface area contributed by atoms with Crippen molar-refractivity contribution in [3.8, 4) is 0 Å². The number of nitrogens with one attached hydrogen (secondary N) is 1. The zero-order chi connectivity index (χ0) is 11.5. The van der Waals surface area contributed by atoms with Crippen LogP contribution in [0.2, 0.25) is 0 Å². The van der Waals surface area contributed by atoms with E-state index in [9.17, 15) is 0 Å². The van der Waals surface area contributed by atoms with Gasteiger partial charge in [-0.25, -0.2) is 4.98 Å². The summed E-state index contributed by atoms with van der Waals surface area (Å²) in [4.78, 5) is 6.93. The highest BCUT2D eigenvalue weighted by molar-refractivity contribution is 9.10. The zero-order valence-electron chi connectivity index (χ0n) is 9.91. The lowest BCUT2D eigenvalue weighted by atomic mass is 10.3. The number of nitrogens with zero attached hydrogens (tertiary/aromatic N) is 3. The third kappa shape index (κ3) is 2.64. The first kappa shape index (κ1) is 12.1. The molecule has 1 N–H and O–H groups in total. The van der Waals surface area contributed by atoms with Crippen molar-refractivity contribution in [1.29, 1.82) is 0 Å². The Kier molecular flexibility index (Phi) is 4.00. The van der Waals surface area contributed by atoms with Crippen LogP contribution in [0.4, 0.5) is 0 Å². The number of hydrogen-bond donors (Lipinski definition) is 1. The number of imidazole rings is 1. The lowest BCUT2D eigenvalue weighted by Crippen LogP contribution is -2.43. The standard InChI is InChI=1S/C11H19BrN4/c1-9(2)16-10(12)7-14-11(16)8-15-5-3-13-4-6-15/h7,9,13H,3-6,8H2,1-2H3. The Morgan fingerprint density at radius 1 is 1.44 bits per heavy atom. The van der Waals surface area contributed by atoms with Crippen molar-refractivity contribution in [2.75, 3.05) is 26.2 Å². The number of rotatable bonds is 3. The fourth-order valence-electron chi connectivity index (χ4n) is 2.11. The monoisotopic (exact) mass is 286 g/mol. The second-order valence-corrected chi connectivity index (χ2v) is 5.30. The van der Waals surface area contributed by atoms with E-state index in [1.807, 2.05) is 6.20 Å². The molecule has 0 atom stereocenters. The number of piperazine rings is 1. The Morgan fingerprint density at radius 2 is 2.12 bits per heavy atom. The molecule has 90 valence electrons. The van der Waals surface area contributed by atoms with Gasteiger partial charge in [0.1, 0.15) is 10.4 Å². The fourth-order valence-corrected chi connectivity index (χ4v) is 2.82. The Balaban J connectivity index is 2.08. The Hall–Kier alpha value is -0.390. The molecule has 1 fully saturated rings. The molecule has 1 aromatic rings. The molecule has 0 spiro atoms. The minimum atomic E-state index is 0.454. The summed E-state index contributed by atoms with van der Waals surface area (Å²) in [7, 11) is 0. The van der Waals surface area contributed by atoms with Gasteiger partial charge in [-0.1, -0.05) is 0 Å². The van der Waals surface area contributed by atoms with Gasteiger partial charge in [0.25, 0.3) is 0 Å². The van der Waals surface area contributed by atoms with Gasteiger partial charge in [0.05, 0.1) is 12.7 Å². The third-order valence-electron chi connectivity index (χ3n) is 2.92. The van der Waals surface area contributed by atoms with E-state index in [2.05, 4.69) is 49.5 Å². The van der Waals surface area contributed by atoms with E-state index in [-0.39, 0.29) is 0 Å². The van der Waals surface area contributed by atoms with Gasteiger partial charge in [-0.15, -0.1) is 0 Å². The van der Waals surface area contributed by atoms with Gasteiger partial charge < -0.3 is 9.88 Å². The van der Waals surface area contributed by atoms with Crippen LogP contribution in [0, 0.1) is 0 Å². The van der Waals surface area contributed by atoms with E-state index in [1.165, 1.54) is 0 Å². The summed E-state index contributed by atoms with van der Waals surface area (Å²) in [5.74, 6) is 1.16. The van der Waals surface area contributed by atoms with Gasteiger partial charge in [0.2, 0.25) is 0 Å². The van der Waals surface area contributed by atoms with Crippen molar-refractivity contribution >= 4 is 15.9 Å². The van der Waals surface area contributed by atoms with Gasteiger partial charge in [0.15, 0.2) is 0 Å². The van der Waals surface area contributed by atoms with Crippen LogP contribution < -0.4 is 5.32 Å². The maximum atomic E-state index is 4.49. The molecule has 1 aromatic heterocycles. The number of halogens is 1. The van der Waals surface area contributed by atoms with Crippen molar-refractivity contribution in [2.24, 2.45) is 0 Å². The summed E-state index contributed by atoms with van der Waals surface area (Å²) in [5.41, 5.74) is 0. The van der Waals surface area contributed by atoms with E-state index in [4.69, 9.17) is 0 Å². The highest BCUT2D eigenvalue weighted by atomic mass is 79.9. The zero-order valence-corrected chi connectivity index (χ0v) is 11.5. The summed E-state index contributed by atoms with van der Waals surface area (Å²) < 4.78 is 3.33. The van der Waals surface area contributed by atoms with Crippen LogP contribution in [-0.4, -0.2) is 40.6 Å². The highest BCUT2D eigenvalue weighted by Gasteiger charge is 2.16. The predicted molar refractivity (Wildman–Crippen MR) is 68.5 cm³/mol. The molecule has 2 heterocycles. The SMILES string of the molecule is CC(C)n1c(Br)cnc1CN1CCNCC1. The maximum Gasteiger partial charge on any atom is 0.124 e. The van der Waals surface area contributed by atoms with Crippen molar-refractivity contribution < 1.29 is 0 Å². The molecule has 1 saturated heterocycles. The molecule has 5 heteroatoms. The average molecular weight is 287 g/mol. The van der Waals surface area contributed by atoms with E-state index >= 15 is 0 Å². The van der Waals surface area contributed by atoms with Gasteiger partial charge in [-0.3, -0.25) is 4.90 Å². The molecule has 0 aromatic carbocycles. The van der Waals surface area contributed by atoms with Gasteiger partial charge in [-0.2, -0.15) is 0 Å². The van der Waals surface area contributed by atoms with Crippen LogP contribution in [0.15, 0.2) is 10.8 Å². The predicted octanol–water partition coefficient (Wildman–Crippen LogP) is 1.63. The quantitative estimate of drug-likeness (QED) is 0.917. The van der Waals surface area contributed by atoms with Crippen LogP contribution in [0.3, 0.4) is 0 Å². The second kappa shape index (κ2) is 5.29. The first-order valence-electron chi connectivity index (χ1n) is 5.83. The number of aromatic nitrogens is 2. The molecular formula is C11H19BrN4. The molecule has 0 unspecified atom stereocenters. The van der Waals surface area contributed by atoms with E-state index in [1.54, 1.807) is 0 Å². The van der Waals surface area contributed by atoms with Gasteiger partial charge in [-0.05, 0) is 29.8 Å². The minimum Gasteiger partial charge on any atom is -0.319 e. The summed E-state index contributed by atoms with van der Waals surface area (Å²) >= 11 is 3.55. The molecule has 1 aliphatic heterocycles. The van der Waals surface area contributed by atoms with E-state index < -0.39 is 0 Å². The molecule has 0 radical (unpaired) electrons. The molecule has 0 aliphatic carbocycles. The van der Waals surface area contributed by atoms with Crippen molar-refractivity contribution in [1.82, 2.24) is 19.8 Å². The summed E-state index contributed by atoms with van der Waals surface area (Å²) in [6.07, 6.45) is 1.90. The van der Waals surface area contributed by atoms with Crippen molar-refractivity contribution in [3.05, 3.63) is 16.6 Å². The summed E-state index contributed by atoms with van der Waals surface area (Å²) in [6, 6.07) is 0.454. The van der Waals surface area contributed by atoms with Crippen LogP contribution in [0.25, 0.3) is 0 Å². The average Bonchev–Trinajstić information content (AvgIpc) is 2.61. The maximum absolute atomic E-state index is 4.49. The molecule has 4 nitrogen and oxygen atoms in total. The van der Waals surface area contributed by atoms with E-state index in [0.29, 0.717) is 6.04 Å². The molecule has 0 amide bonds. The molecule has 1 aliphatic rings. The first-order chi connectivity index (χ1) is 7.68. The summed E-state index contributed by atoms with van der Waals surface area (Å²) in [5, 5.41) is 3.36. The Morgan fingerprint density at radius 3 is 2.75 bits per heavy atom. The lowest BCUT2D eigenvalue weighted by molar-refractivity contribution is 0.223. The van der Waals surface area contributed by atoms with E-state index in [0.717, 1.165) is 43.2 Å². The van der Waals surface area contributed by atoms with Gasteiger partial charge in [0, 0.05) is 32.2 Å². The van der Waals surface area contributed by atoms with Crippen LogP contribution in [0.5, 0.6) is 0 Å². The third-order valence-corrected chi connectivity index (χ3v) is 3.51. The Labute approximate surface area is 105 Å². The molecular weight excluding hydrogens is 268 g/mol. The summed E-state index contributed by atoms with van der Waals surface area (Å²) in [6.45, 7) is 9.73. The van der Waals surface area contributed by atoms with Crippen LogP contribution in [0.1, 0.15) is 25.7 Å². The minimum absolute atomic E-state index is 0.454. The normalized spacial score (nSPS) is 18.2. The highest BCUT2D eigenvalue weighted by Crippen LogP contribution is 2.19. The molecule has 16 heavy (non-hydrogen) atoms. The fraction of sp³-hybridized carbons (Fsp3) is 0.727. The lowest BCUT2D eigenvalue weighted by Gasteiger charge is -2.27. The van der Waals surface area contributed by atoms with Crippen LogP contribution in [-0.2, 0) is 6.54 Å². The largest absolute Gasteiger partial charge is 0.319 e. The smallest absolute Gasteiger partial charge is 0.124 e. The van der Waals surface area contributed by atoms with Crippen molar-refractivity contribution in [3.63, 3.8) is 0 Å². The molecule has 0 saturated carbocycles. The number of hydrogen-bond acceptors (Lipinski definition) is 3. The first-order valence-corrected chi connectivity index (χ1v) is 6.62. The van der Waals surface area contributed by atoms with Gasteiger partial charge >= 0.3 is 0 Å².